The van der Waals surface area contributed by atoms with Crippen molar-refractivity contribution < 1.29 is 9.53 Å². The first-order valence-corrected chi connectivity index (χ1v) is 7.87. The Labute approximate surface area is 138 Å². The van der Waals surface area contributed by atoms with Gasteiger partial charge < -0.3 is 14.6 Å². The molecule has 1 aliphatic heterocycles. The van der Waals surface area contributed by atoms with Gasteiger partial charge in [0.1, 0.15) is 11.4 Å². The molecule has 1 amide bonds. The van der Waals surface area contributed by atoms with Crippen molar-refractivity contribution in [1.29, 1.82) is 0 Å². The SMILES string of the molecule is COc1cccc([C@H]2CCCCN2C(=O)c2cc(=O)[nH]c(=O)[nH]2)c1. The molecule has 0 aliphatic carbocycles. The summed E-state index contributed by atoms with van der Waals surface area (Å²) in [6.45, 7) is 0.579. The highest BCUT2D eigenvalue weighted by atomic mass is 16.5. The first kappa shape index (κ1) is 16.0. The standard InChI is InChI=1S/C17H19N3O4/c1-24-12-6-4-5-11(9-12)14-7-2-3-8-20(14)16(22)13-10-15(21)19-17(23)18-13/h4-6,9-10,14H,2-3,7-8H2,1H3,(H2,18,19,21,23)/t14-/m1/s1. The highest BCUT2D eigenvalue weighted by Crippen LogP contribution is 2.33. The van der Waals surface area contributed by atoms with E-state index in [1.54, 1.807) is 12.0 Å². The molecular formula is C17H19N3O4. The fourth-order valence-electron chi connectivity index (χ4n) is 3.11. The van der Waals surface area contributed by atoms with E-state index >= 15 is 0 Å². The van der Waals surface area contributed by atoms with Crippen LogP contribution < -0.4 is 16.0 Å². The number of rotatable bonds is 3. The predicted octanol–water partition coefficient (Wildman–Crippen LogP) is 1.44. The van der Waals surface area contributed by atoms with Gasteiger partial charge in [0.05, 0.1) is 13.2 Å². The third kappa shape index (κ3) is 3.24. The van der Waals surface area contributed by atoms with Gasteiger partial charge in [0.25, 0.3) is 11.5 Å². The molecule has 0 spiro atoms. The Kier molecular flexibility index (Phi) is 4.50. The molecule has 1 fully saturated rings. The van der Waals surface area contributed by atoms with Crippen molar-refractivity contribution in [2.24, 2.45) is 0 Å². The lowest BCUT2D eigenvalue weighted by atomic mass is 9.94. The summed E-state index contributed by atoms with van der Waals surface area (Å²) in [7, 11) is 1.60. The molecule has 126 valence electrons. The Balaban J connectivity index is 1.95. The van der Waals surface area contributed by atoms with Crippen molar-refractivity contribution in [3.63, 3.8) is 0 Å². The van der Waals surface area contributed by atoms with Gasteiger partial charge in [0, 0.05) is 12.6 Å². The van der Waals surface area contributed by atoms with Crippen molar-refractivity contribution >= 4 is 5.91 Å². The minimum atomic E-state index is -0.680. The fourth-order valence-corrected chi connectivity index (χ4v) is 3.11. The van der Waals surface area contributed by atoms with E-state index in [0.29, 0.717) is 6.54 Å². The zero-order valence-electron chi connectivity index (χ0n) is 13.4. The van der Waals surface area contributed by atoms with Gasteiger partial charge in [-0.05, 0) is 37.0 Å². The lowest BCUT2D eigenvalue weighted by Crippen LogP contribution is -2.40. The molecule has 1 aromatic heterocycles. The first-order valence-electron chi connectivity index (χ1n) is 7.87. The molecule has 2 heterocycles. The number of nitrogens with zero attached hydrogens (tertiary/aromatic N) is 1. The van der Waals surface area contributed by atoms with Gasteiger partial charge in [-0.3, -0.25) is 14.6 Å². The van der Waals surface area contributed by atoms with E-state index in [-0.39, 0.29) is 17.6 Å². The van der Waals surface area contributed by atoms with Crippen LogP contribution in [0.4, 0.5) is 0 Å². The van der Waals surface area contributed by atoms with E-state index in [4.69, 9.17) is 4.74 Å². The van der Waals surface area contributed by atoms with Crippen LogP contribution in [0.15, 0.2) is 39.9 Å². The molecule has 7 nitrogen and oxygen atoms in total. The number of ether oxygens (including phenoxy) is 1. The van der Waals surface area contributed by atoms with Crippen LogP contribution in [0.3, 0.4) is 0 Å². The number of piperidine rings is 1. The second kappa shape index (κ2) is 6.74. The number of carbonyl (C=O) groups is 1. The van der Waals surface area contributed by atoms with Gasteiger partial charge >= 0.3 is 5.69 Å². The van der Waals surface area contributed by atoms with Gasteiger partial charge in [-0.15, -0.1) is 0 Å². The predicted molar refractivity (Wildman–Crippen MR) is 88.3 cm³/mol. The molecule has 0 unspecified atom stereocenters. The van der Waals surface area contributed by atoms with Crippen molar-refractivity contribution in [2.45, 2.75) is 25.3 Å². The van der Waals surface area contributed by atoms with Gasteiger partial charge in [0.2, 0.25) is 0 Å². The zero-order chi connectivity index (χ0) is 17.1. The van der Waals surface area contributed by atoms with E-state index in [1.165, 1.54) is 0 Å². The first-order chi connectivity index (χ1) is 11.6. The molecule has 1 aliphatic rings. The van der Waals surface area contributed by atoms with Crippen LogP contribution >= 0.6 is 0 Å². The average Bonchev–Trinajstić information content (AvgIpc) is 2.60. The number of amides is 1. The Hall–Kier alpha value is -2.83. The van der Waals surface area contributed by atoms with Crippen LogP contribution in [0.25, 0.3) is 0 Å². The maximum Gasteiger partial charge on any atom is 0.326 e. The maximum atomic E-state index is 12.8. The molecule has 1 saturated heterocycles. The quantitative estimate of drug-likeness (QED) is 0.891. The largest absolute Gasteiger partial charge is 0.497 e. The van der Waals surface area contributed by atoms with Gasteiger partial charge in [-0.1, -0.05) is 12.1 Å². The normalized spacial score (nSPS) is 17.5. The second-order valence-corrected chi connectivity index (χ2v) is 5.79. The van der Waals surface area contributed by atoms with E-state index in [0.717, 1.165) is 36.6 Å². The highest BCUT2D eigenvalue weighted by Gasteiger charge is 2.29. The summed E-state index contributed by atoms with van der Waals surface area (Å²) in [4.78, 5) is 41.9. The lowest BCUT2D eigenvalue weighted by Gasteiger charge is -2.36. The number of H-pyrrole nitrogens is 2. The topological polar surface area (TPSA) is 95.3 Å². The summed E-state index contributed by atoms with van der Waals surface area (Å²) in [6.07, 6.45) is 2.73. The molecule has 3 rings (SSSR count). The molecular weight excluding hydrogens is 310 g/mol. The number of carbonyl (C=O) groups excluding carboxylic acids is 1. The smallest absolute Gasteiger partial charge is 0.326 e. The van der Waals surface area contributed by atoms with Crippen molar-refractivity contribution in [1.82, 2.24) is 14.9 Å². The van der Waals surface area contributed by atoms with E-state index in [9.17, 15) is 14.4 Å². The summed E-state index contributed by atoms with van der Waals surface area (Å²) in [6, 6.07) is 8.63. The summed E-state index contributed by atoms with van der Waals surface area (Å²) < 4.78 is 5.26. The minimum Gasteiger partial charge on any atom is -0.497 e. The zero-order valence-corrected chi connectivity index (χ0v) is 13.4. The monoisotopic (exact) mass is 329 g/mol. The second-order valence-electron chi connectivity index (χ2n) is 5.79. The number of aromatic nitrogens is 2. The van der Waals surface area contributed by atoms with Crippen LogP contribution in [0, 0.1) is 0 Å². The molecule has 0 bridgehead atoms. The van der Waals surface area contributed by atoms with E-state index in [2.05, 4.69) is 9.97 Å². The number of aromatic amines is 2. The Bertz CT molecular complexity index is 827. The minimum absolute atomic E-state index is 0.0125. The van der Waals surface area contributed by atoms with E-state index < -0.39 is 11.2 Å². The lowest BCUT2D eigenvalue weighted by molar-refractivity contribution is 0.0604. The molecule has 2 aromatic rings. The van der Waals surface area contributed by atoms with Crippen molar-refractivity contribution in [2.75, 3.05) is 13.7 Å². The van der Waals surface area contributed by atoms with Crippen LogP contribution in [-0.4, -0.2) is 34.4 Å². The molecule has 1 atom stereocenters. The number of likely N-dealkylation sites (tertiary alicyclic amines) is 1. The summed E-state index contributed by atoms with van der Waals surface area (Å²) >= 11 is 0. The molecule has 1 aromatic carbocycles. The number of hydrogen-bond donors (Lipinski definition) is 2. The number of nitrogens with one attached hydrogen (secondary N) is 2. The van der Waals surface area contributed by atoms with Crippen LogP contribution in [0.5, 0.6) is 5.75 Å². The average molecular weight is 329 g/mol. The summed E-state index contributed by atoms with van der Waals surface area (Å²) in [5.74, 6) is 0.390. The van der Waals surface area contributed by atoms with Crippen molar-refractivity contribution in [3.05, 3.63) is 62.4 Å². The third-order valence-electron chi connectivity index (χ3n) is 4.23. The van der Waals surface area contributed by atoms with Crippen molar-refractivity contribution in [3.8, 4) is 5.75 Å². The van der Waals surface area contributed by atoms with Crippen LogP contribution in [0.1, 0.15) is 41.4 Å². The highest BCUT2D eigenvalue weighted by molar-refractivity contribution is 5.92. The van der Waals surface area contributed by atoms with Crippen LogP contribution in [-0.2, 0) is 0 Å². The maximum absolute atomic E-state index is 12.8. The molecule has 0 saturated carbocycles. The number of benzene rings is 1. The summed E-state index contributed by atoms with van der Waals surface area (Å²) in [5.41, 5.74) is -0.272. The number of hydrogen-bond acceptors (Lipinski definition) is 4. The molecule has 0 radical (unpaired) electrons. The van der Waals surface area contributed by atoms with Gasteiger partial charge in [0.15, 0.2) is 0 Å². The Morgan fingerprint density at radius 3 is 2.79 bits per heavy atom. The molecule has 2 N–H and O–H groups in total. The van der Waals surface area contributed by atoms with Crippen LogP contribution in [0.2, 0.25) is 0 Å². The van der Waals surface area contributed by atoms with Gasteiger partial charge in [-0.2, -0.15) is 0 Å². The molecule has 7 heteroatoms. The summed E-state index contributed by atoms with van der Waals surface area (Å²) in [5, 5.41) is 0. The molecule has 24 heavy (non-hydrogen) atoms. The fraction of sp³-hybridized carbons (Fsp3) is 0.353. The van der Waals surface area contributed by atoms with E-state index in [1.807, 2.05) is 24.3 Å². The third-order valence-corrected chi connectivity index (χ3v) is 4.23. The number of methoxy groups -OCH3 is 1. The Morgan fingerprint density at radius 1 is 1.21 bits per heavy atom. The Morgan fingerprint density at radius 2 is 2.04 bits per heavy atom. The van der Waals surface area contributed by atoms with Gasteiger partial charge in [-0.25, -0.2) is 4.79 Å².